The van der Waals surface area contributed by atoms with E-state index < -0.39 is 18.0 Å². The number of nitrogens with zero attached hydrogens (tertiary/aromatic N) is 1. The number of esters is 1. The van der Waals surface area contributed by atoms with Crippen LogP contribution in [0.2, 0.25) is 0 Å². The maximum atomic E-state index is 12.4. The van der Waals surface area contributed by atoms with E-state index in [2.05, 4.69) is 10.3 Å². The minimum atomic E-state index is -0.944. The Morgan fingerprint density at radius 1 is 1.07 bits per heavy atom. The molecule has 144 valence electrons. The van der Waals surface area contributed by atoms with Crippen LogP contribution in [0.5, 0.6) is 0 Å². The van der Waals surface area contributed by atoms with Gasteiger partial charge >= 0.3 is 5.97 Å². The van der Waals surface area contributed by atoms with E-state index in [1.165, 1.54) is 19.1 Å². The second-order valence-electron chi connectivity index (χ2n) is 6.66. The first kappa shape index (κ1) is 19.4. The second kappa shape index (κ2) is 8.52. The summed E-state index contributed by atoms with van der Waals surface area (Å²) in [5, 5.41) is 2.82. The van der Waals surface area contributed by atoms with E-state index in [1.807, 2.05) is 56.3 Å². The zero-order chi connectivity index (χ0) is 20.1. The number of fused-ring (bicyclic) bond motifs is 1. The van der Waals surface area contributed by atoms with Crippen molar-refractivity contribution >= 4 is 34.7 Å². The van der Waals surface area contributed by atoms with Gasteiger partial charge in [-0.2, -0.15) is 0 Å². The van der Waals surface area contributed by atoms with Crippen molar-refractivity contribution in [3.8, 4) is 0 Å². The van der Waals surface area contributed by atoms with E-state index in [9.17, 15) is 9.59 Å². The summed E-state index contributed by atoms with van der Waals surface area (Å²) in [6.45, 7) is 5.62. The van der Waals surface area contributed by atoms with Crippen LogP contribution < -0.4 is 5.32 Å². The standard InChI is InChI=1S/C22H22N2O4/c1-14(2)16-8-4-5-9-17(16)24-22(26)15(3)27-21(25)13-12-20-23-18-10-6-7-11-19(18)28-20/h4-15H,1-3H3,(H,24,26)/b13-12+/t15-/m1/s1. The fraction of sp³-hybridized carbons (Fsp3) is 0.227. The lowest BCUT2D eigenvalue weighted by Gasteiger charge is -2.16. The Bertz CT molecular complexity index is 987. The van der Waals surface area contributed by atoms with Gasteiger partial charge in [-0.3, -0.25) is 4.79 Å². The van der Waals surface area contributed by atoms with Gasteiger partial charge in [0, 0.05) is 17.8 Å². The highest BCUT2D eigenvalue weighted by Crippen LogP contribution is 2.24. The Hall–Kier alpha value is -3.41. The van der Waals surface area contributed by atoms with Crippen molar-refractivity contribution in [3.05, 3.63) is 66.1 Å². The van der Waals surface area contributed by atoms with Crippen LogP contribution in [-0.2, 0) is 14.3 Å². The van der Waals surface area contributed by atoms with E-state index in [1.54, 1.807) is 6.07 Å². The van der Waals surface area contributed by atoms with Crippen molar-refractivity contribution in [1.29, 1.82) is 0 Å². The topological polar surface area (TPSA) is 81.4 Å². The number of hydrogen-bond acceptors (Lipinski definition) is 5. The number of oxazole rings is 1. The van der Waals surface area contributed by atoms with E-state index in [0.29, 0.717) is 22.7 Å². The molecule has 0 saturated heterocycles. The summed E-state index contributed by atoms with van der Waals surface area (Å²) in [4.78, 5) is 28.6. The molecule has 0 aliphatic heterocycles. The summed E-state index contributed by atoms with van der Waals surface area (Å²) in [5.41, 5.74) is 3.07. The Kier molecular flexibility index (Phi) is 5.89. The number of ether oxygens (including phenoxy) is 1. The third-order valence-electron chi connectivity index (χ3n) is 4.18. The van der Waals surface area contributed by atoms with Gasteiger partial charge in [0.15, 0.2) is 11.7 Å². The quantitative estimate of drug-likeness (QED) is 0.503. The zero-order valence-electron chi connectivity index (χ0n) is 16.0. The monoisotopic (exact) mass is 378 g/mol. The highest BCUT2D eigenvalue weighted by molar-refractivity contribution is 5.97. The molecule has 3 rings (SSSR count). The molecule has 0 spiro atoms. The molecule has 28 heavy (non-hydrogen) atoms. The zero-order valence-corrected chi connectivity index (χ0v) is 16.0. The molecule has 0 aliphatic carbocycles. The number of rotatable bonds is 6. The van der Waals surface area contributed by atoms with Gasteiger partial charge < -0.3 is 14.5 Å². The van der Waals surface area contributed by atoms with Gasteiger partial charge in [-0.1, -0.05) is 44.2 Å². The highest BCUT2D eigenvalue weighted by Gasteiger charge is 2.18. The molecular formula is C22H22N2O4. The lowest BCUT2D eigenvalue weighted by atomic mass is 10.0. The number of carbonyl (C=O) groups excluding carboxylic acids is 2. The van der Waals surface area contributed by atoms with Crippen molar-refractivity contribution in [2.75, 3.05) is 5.32 Å². The first-order valence-electron chi connectivity index (χ1n) is 9.08. The van der Waals surface area contributed by atoms with E-state index in [-0.39, 0.29) is 5.92 Å². The van der Waals surface area contributed by atoms with Crippen molar-refractivity contribution < 1.29 is 18.7 Å². The molecule has 1 atom stereocenters. The van der Waals surface area contributed by atoms with Crippen LogP contribution in [0.3, 0.4) is 0 Å². The number of hydrogen-bond donors (Lipinski definition) is 1. The molecule has 6 nitrogen and oxygen atoms in total. The Balaban J connectivity index is 1.59. The van der Waals surface area contributed by atoms with Gasteiger partial charge in [0.05, 0.1) is 0 Å². The molecule has 0 bridgehead atoms. The maximum Gasteiger partial charge on any atom is 0.331 e. The van der Waals surface area contributed by atoms with Gasteiger partial charge in [-0.15, -0.1) is 0 Å². The van der Waals surface area contributed by atoms with Gasteiger partial charge in [0.25, 0.3) is 5.91 Å². The summed E-state index contributed by atoms with van der Waals surface area (Å²) in [6, 6.07) is 14.9. The molecule has 1 aromatic heterocycles. The van der Waals surface area contributed by atoms with Gasteiger partial charge in [0.2, 0.25) is 5.89 Å². The van der Waals surface area contributed by atoms with Gasteiger partial charge in [-0.05, 0) is 36.6 Å². The highest BCUT2D eigenvalue weighted by atomic mass is 16.5. The van der Waals surface area contributed by atoms with Crippen LogP contribution in [0.4, 0.5) is 5.69 Å². The third kappa shape index (κ3) is 4.65. The third-order valence-corrected chi connectivity index (χ3v) is 4.18. The normalized spacial score (nSPS) is 12.4. The van der Waals surface area contributed by atoms with E-state index >= 15 is 0 Å². The Morgan fingerprint density at radius 2 is 1.79 bits per heavy atom. The van der Waals surface area contributed by atoms with Crippen LogP contribution in [0.15, 0.2) is 59.0 Å². The van der Waals surface area contributed by atoms with Crippen LogP contribution in [0.1, 0.15) is 38.1 Å². The Labute approximate surface area is 163 Å². The van der Waals surface area contributed by atoms with Crippen molar-refractivity contribution in [3.63, 3.8) is 0 Å². The average molecular weight is 378 g/mol. The number of aromatic nitrogens is 1. The summed E-state index contributed by atoms with van der Waals surface area (Å²) < 4.78 is 10.7. The summed E-state index contributed by atoms with van der Waals surface area (Å²) in [5.74, 6) is -0.492. The van der Waals surface area contributed by atoms with Crippen LogP contribution in [0.25, 0.3) is 17.2 Å². The fourth-order valence-electron chi connectivity index (χ4n) is 2.72. The summed E-state index contributed by atoms with van der Waals surface area (Å²) in [6.07, 6.45) is 1.67. The molecule has 6 heteroatoms. The number of amides is 1. The molecule has 2 aromatic carbocycles. The largest absolute Gasteiger partial charge is 0.449 e. The smallest absolute Gasteiger partial charge is 0.331 e. The number of para-hydroxylation sites is 3. The molecule has 0 unspecified atom stereocenters. The SMILES string of the molecule is CC(C)c1ccccc1NC(=O)[C@@H](C)OC(=O)/C=C/c1nc2ccccc2o1. The fourth-order valence-corrected chi connectivity index (χ4v) is 2.72. The van der Waals surface area contributed by atoms with E-state index in [4.69, 9.17) is 9.15 Å². The first-order valence-corrected chi connectivity index (χ1v) is 9.08. The Morgan fingerprint density at radius 3 is 2.54 bits per heavy atom. The number of carbonyl (C=O) groups is 2. The van der Waals surface area contributed by atoms with E-state index in [0.717, 1.165) is 5.56 Å². The van der Waals surface area contributed by atoms with Gasteiger partial charge in [0.1, 0.15) is 5.52 Å². The number of benzene rings is 2. The number of anilines is 1. The van der Waals surface area contributed by atoms with Crippen LogP contribution in [-0.4, -0.2) is 23.0 Å². The second-order valence-corrected chi connectivity index (χ2v) is 6.66. The van der Waals surface area contributed by atoms with Gasteiger partial charge in [-0.25, -0.2) is 9.78 Å². The number of nitrogens with one attached hydrogen (secondary N) is 1. The molecule has 1 amide bonds. The maximum absolute atomic E-state index is 12.4. The predicted molar refractivity (Wildman–Crippen MR) is 108 cm³/mol. The average Bonchev–Trinajstić information content (AvgIpc) is 3.09. The summed E-state index contributed by atoms with van der Waals surface area (Å²) >= 11 is 0. The van der Waals surface area contributed by atoms with Crippen molar-refractivity contribution in [1.82, 2.24) is 4.98 Å². The lowest BCUT2D eigenvalue weighted by molar-refractivity contribution is -0.148. The lowest BCUT2D eigenvalue weighted by Crippen LogP contribution is -2.29. The summed E-state index contributed by atoms with van der Waals surface area (Å²) in [7, 11) is 0. The molecule has 0 aliphatic rings. The molecule has 1 N–H and O–H groups in total. The molecule has 0 saturated carbocycles. The van der Waals surface area contributed by atoms with Crippen LogP contribution >= 0.6 is 0 Å². The molecule has 0 radical (unpaired) electrons. The predicted octanol–water partition coefficient (Wildman–Crippen LogP) is 4.53. The minimum Gasteiger partial charge on any atom is -0.449 e. The van der Waals surface area contributed by atoms with Crippen molar-refractivity contribution in [2.24, 2.45) is 0 Å². The molecule has 3 aromatic rings. The van der Waals surface area contributed by atoms with Crippen molar-refractivity contribution in [2.45, 2.75) is 32.8 Å². The van der Waals surface area contributed by atoms with Crippen LogP contribution in [0, 0.1) is 0 Å². The molecular weight excluding hydrogens is 356 g/mol. The molecule has 0 fully saturated rings. The first-order chi connectivity index (χ1) is 13.4. The minimum absolute atomic E-state index is 0.258. The molecule has 1 heterocycles.